The predicted octanol–water partition coefficient (Wildman–Crippen LogP) is 3.46. The smallest absolute Gasteiger partial charge is 0.137 e. The highest BCUT2D eigenvalue weighted by Crippen LogP contribution is 2.24. The molecular formula is C11H11BrN2. The van der Waals surface area contributed by atoms with Crippen LogP contribution in [0, 0.1) is 13.8 Å². The van der Waals surface area contributed by atoms with Crippen LogP contribution in [-0.2, 0) is 0 Å². The highest BCUT2D eigenvalue weighted by molar-refractivity contribution is 9.10. The van der Waals surface area contributed by atoms with Gasteiger partial charge >= 0.3 is 0 Å². The van der Waals surface area contributed by atoms with Crippen molar-refractivity contribution in [1.82, 2.24) is 9.97 Å². The molecule has 0 amide bonds. The zero-order valence-electron chi connectivity index (χ0n) is 8.13. The monoisotopic (exact) mass is 250 g/mol. The normalized spacial score (nSPS) is 10.5. The Kier molecular flexibility index (Phi) is 2.42. The summed E-state index contributed by atoms with van der Waals surface area (Å²) in [6.45, 7) is 4.09. The van der Waals surface area contributed by atoms with Crippen molar-refractivity contribution < 1.29 is 0 Å². The van der Waals surface area contributed by atoms with Crippen LogP contribution in [0.15, 0.2) is 28.9 Å². The van der Waals surface area contributed by atoms with Gasteiger partial charge in [-0.3, -0.25) is 0 Å². The highest BCUT2D eigenvalue weighted by atomic mass is 79.9. The number of hydrogen-bond acceptors (Lipinski definition) is 1. The van der Waals surface area contributed by atoms with E-state index in [9.17, 15) is 0 Å². The Bertz CT molecular complexity index is 460. The number of hydrogen-bond donors (Lipinski definition) is 1. The Labute approximate surface area is 91.5 Å². The summed E-state index contributed by atoms with van der Waals surface area (Å²) in [5.41, 5.74) is 3.45. The molecule has 1 aromatic carbocycles. The van der Waals surface area contributed by atoms with Gasteiger partial charge in [-0.05, 0) is 31.5 Å². The number of halogens is 1. The Balaban J connectivity index is 2.55. The molecule has 0 atom stereocenters. The third kappa shape index (κ3) is 1.73. The van der Waals surface area contributed by atoms with E-state index < -0.39 is 0 Å². The van der Waals surface area contributed by atoms with Gasteiger partial charge in [0.15, 0.2) is 0 Å². The van der Waals surface area contributed by atoms with Crippen molar-refractivity contribution in [2.45, 2.75) is 13.8 Å². The van der Waals surface area contributed by atoms with Gasteiger partial charge in [-0.15, -0.1) is 0 Å². The van der Waals surface area contributed by atoms with E-state index in [-0.39, 0.29) is 0 Å². The van der Waals surface area contributed by atoms with Crippen LogP contribution in [-0.4, -0.2) is 9.97 Å². The van der Waals surface area contributed by atoms with Crippen LogP contribution < -0.4 is 0 Å². The third-order valence-electron chi connectivity index (χ3n) is 2.16. The molecule has 1 heterocycles. The topological polar surface area (TPSA) is 28.7 Å². The van der Waals surface area contributed by atoms with E-state index in [1.807, 2.05) is 19.2 Å². The molecule has 2 nitrogen and oxygen atoms in total. The number of aromatic amines is 1. The Morgan fingerprint density at radius 2 is 2.07 bits per heavy atom. The summed E-state index contributed by atoms with van der Waals surface area (Å²) < 4.78 is 1.08. The Hall–Kier alpha value is -1.09. The maximum absolute atomic E-state index is 4.31. The average molecular weight is 251 g/mol. The van der Waals surface area contributed by atoms with Gasteiger partial charge < -0.3 is 4.98 Å². The number of H-pyrrole nitrogens is 1. The van der Waals surface area contributed by atoms with Crippen LogP contribution in [0.3, 0.4) is 0 Å². The third-order valence-corrected chi connectivity index (χ3v) is 2.65. The summed E-state index contributed by atoms with van der Waals surface area (Å²) in [5, 5.41) is 0. The molecule has 72 valence electrons. The van der Waals surface area contributed by atoms with E-state index in [1.165, 1.54) is 5.56 Å². The van der Waals surface area contributed by atoms with Gasteiger partial charge in [-0.1, -0.05) is 22.0 Å². The number of benzene rings is 1. The molecule has 2 rings (SSSR count). The van der Waals surface area contributed by atoms with Gasteiger partial charge in [-0.25, -0.2) is 4.98 Å². The SMILES string of the molecule is Cc1cnc(-c2cc(Br)ccc2C)[nH]1. The predicted molar refractivity (Wildman–Crippen MR) is 61.2 cm³/mol. The van der Waals surface area contributed by atoms with E-state index in [1.54, 1.807) is 0 Å². The first-order valence-corrected chi connectivity index (χ1v) is 5.24. The molecule has 0 fully saturated rings. The molecule has 0 spiro atoms. The van der Waals surface area contributed by atoms with Crippen molar-refractivity contribution in [3.05, 3.63) is 40.1 Å². The summed E-state index contributed by atoms with van der Waals surface area (Å²) in [7, 11) is 0. The second-order valence-corrected chi connectivity index (χ2v) is 4.29. The van der Waals surface area contributed by atoms with Crippen molar-refractivity contribution in [3.8, 4) is 11.4 Å². The summed E-state index contributed by atoms with van der Waals surface area (Å²) in [6, 6.07) is 6.19. The molecule has 1 N–H and O–H groups in total. The summed E-state index contributed by atoms with van der Waals surface area (Å²) in [5.74, 6) is 0.932. The maximum Gasteiger partial charge on any atom is 0.137 e. The van der Waals surface area contributed by atoms with E-state index >= 15 is 0 Å². The first kappa shape index (κ1) is 9.46. The molecule has 0 saturated heterocycles. The molecule has 14 heavy (non-hydrogen) atoms. The molecule has 0 aliphatic carbocycles. The van der Waals surface area contributed by atoms with E-state index in [2.05, 4.69) is 45.0 Å². The van der Waals surface area contributed by atoms with Crippen LogP contribution in [0.2, 0.25) is 0 Å². The number of nitrogens with one attached hydrogen (secondary N) is 1. The zero-order chi connectivity index (χ0) is 10.1. The Morgan fingerprint density at radius 1 is 1.29 bits per heavy atom. The van der Waals surface area contributed by atoms with Crippen LogP contribution in [0.25, 0.3) is 11.4 Å². The number of nitrogens with zero attached hydrogens (tertiary/aromatic N) is 1. The van der Waals surface area contributed by atoms with Crippen molar-refractivity contribution in [3.63, 3.8) is 0 Å². The fraction of sp³-hybridized carbons (Fsp3) is 0.182. The standard InChI is InChI=1S/C11H11BrN2/c1-7-3-4-9(12)5-10(7)11-13-6-8(2)14-11/h3-6H,1-2H3,(H,13,14). The van der Waals surface area contributed by atoms with E-state index in [0.29, 0.717) is 0 Å². The summed E-state index contributed by atoms with van der Waals surface area (Å²) in [6.07, 6.45) is 1.84. The van der Waals surface area contributed by atoms with Gasteiger partial charge in [0.2, 0.25) is 0 Å². The minimum atomic E-state index is 0.932. The molecule has 2 aromatic rings. The number of aromatic nitrogens is 2. The first-order valence-electron chi connectivity index (χ1n) is 4.45. The highest BCUT2D eigenvalue weighted by Gasteiger charge is 2.05. The van der Waals surface area contributed by atoms with Crippen molar-refractivity contribution in [1.29, 1.82) is 0 Å². The molecular weight excluding hydrogens is 240 g/mol. The van der Waals surface area contributed by atoms with Crippen molar-refractivity contribution in [2.75, 3.05) is 0 Å². The van der Waals surface area contributed by atoms with Crippen LogP contribution in [0.1, 0.15) is 11.3 Å². The summed E-state index contributed by atoms with van der Waals surface area (Å²) in [4.78, 5) is 7.54. The number of aryl methyl sites for hydroxylation is 2. The minimum absolute atomic E-state index is 0.932. The summed E-state index contributed by atoms with van der Waals surface area (Å²) >= 11 is 3.46. The molecule has 0 aliphatic heterocycles. The number of imidazole rings is 1. The first-order chi connectivity index (χ1) is 6.66. The lowest BCUT2D eigenvalue weighted by atomic mass is 10.1. The van der Waals surface area contributed by atoms with E-state index in [4.69, 9.17) is 0 Å². The van der Waals surface area contributed by atoms with Crippen molar-refractivity contribution >= 4 is 15.9 Å². The maximum atomic E-state index is 4.31. The zero-order valence-corrected chi connectivity index (χ0v) is 9.72. The second kappa shape index (κ2) is 3.58. The fourth-order valence-corrected chi connectivity index (χ4v) is 1.76. The van der Waals surface area contributed by atoms with Crippen LogP contribution in [0.4, 0.5) is 0 Å². The van der Waals surface area contributed by atoms with E-state index in [0.717, 1.165) is 21.6 Å². The molecule has 1 aromatic heterocycles. The largest absolute Gasteiger partial charge is 0.342 e. The van der Waals surface area contributed by atoms with Gasteiger partial charge in [0.05, 0.1) is 0 Å². The average Bonchev–Trinajstić information content (AvgIpc) is 2.56. The quantitative estimate of drug-likeness (QED) is 0.826. The van der Waals surface area contributed by atoms with Gasteiger partial charge in [0, 0.05) is 21.9 Å². The lowest BCUT2D eigenvalue weighted by molar-refractivity contribution is 1.24. The van der Waals surface area contributed by atoms with Crippen LogP contribution in [0.5, 0.6) is 0 Å². The Morgan fingerprint density at radius 3 is 2.71 bits per heavy atom. The lowest BCUT2D eigenvalue weighted by Crippen LogP contribution is -1.85. The van der Waals surface area contributed by atoms with Gasteiger partial charge in [-0.2, -0.15) is 0 Å². The molecule has 0 aliphatic rings. The minimum Gasteiger partial charge on any atom is -0.342 e. The van der Waals surface area contributed by atoms with Gasteiger partial charge in [0.1, 0.15) is 5.82 Å². The number of rotatable bonds is 1. The molecule has 0 saturated carbocycles. The van der Waals surface area contributed by atoms with Crippen LogP contribution >= 0.6 is 15.9 Å². The fourth-order valence-electron chi connectivity index (χ4n) is 1.40. The second-order valence-electron chi connectivity index (χ2n) is 3.37. The lowest BCUT2D eigenvalue weighted by Gasteiger charge is -2.02. The molecule has 3 heteroatoms. The van der Waals surface area contributed by atoms with Gasteiger partial charge in [0.25, 0.3) is 0 Å². The molecule has 0 unspecified atom stereocenters. The van der Waals surface area contributed by atoms with Crippen molar-refractivity contribution in [2.24, 2.45) is 0 Å². The molecule has 0 radical (unpaired) electrons. The molecule has 0 bridgehead atoms.